The number of carbonyl (C=O) groups is 1. The van der Waals surface area contributed by atoms with Gasteiger partial charge in [0, 0.05) is 13.1 Å². The predicted molar refractivity (Wildman–Crippen MR) is 106 cm³/mol. The Hall–Kier alpha value is -1.98. The Labute approximate surface area is 162 Å². The van der Waals surface area contributed by atoms with Gasteiger partial charge in [-0.05, 0) is 82.8 Å². The van der Waals surface area contributed by atoms with E-state index in [9.17, 15) is 4.79 Å². The van der Waals surface area contributed by atoms with Gasteiger partial charge in [0.1, 0.15) is 17.2 Å². The predicted octanol–water partition coefficient (Wildman–Crippen LogP) is 4.25. The van der Waals surface area contributed by atoms with E-state index >= 15 is 0 Å². The van der Waals surface area contributed by atoms with E-state index in [0.29, 0.717) is 11.2 Å². The number of pyridine rings is 1. The zero-order chi connectivity index (χ0) is 19.5. The lowest BCUT2D eigenvalue weighted by Crippen LogP contribution is -2.49. The van der Waals surface area contributed by atoms with Gasteiger partial charge in [0.25, 0.3) is 0 Å². The molecule has 1 aliphatic carbocycles. The van der Waals surface area contributed by atoms with E-state index in [1.807, 2.05) is 31.7 Å². The maximum Gasteiger partial charge on any atom is 0.410 e. The molecule has 0 radical (unpaired) electrons. The van der Waals surface area contributed by atoms with E-state index in [-0.39, 0.29) is 6.09 Å². The van der Waals surface area contributed by atoms with E-state index < -0.39 is 5.60 Å². The first-order valence-electron chi connectivity index (χ1n) is 10.1. The quantitative estimate of drug-likeness (QED) is 0.779. The smallest absolute Gasteiger partial charge is 0.410 e. The van der Waals surface area contributed by atoms with E-state index in [1.165, 1.54) is 19.3 Å². The third-order valence-electron chi connectivity index (χ3n) is 5.70. The fraction of sp³-hybridized carbons (Fsp3) is 0.714. The molecule has 0 unspecified atom stereocenters. The first-order chi connectivity index (χ1) is 12.7. The number of hydrogen-bond acceptors (Lipinski definition) is 5. The summed E-state index contributed by atoms with van der Waals surface area (Å²) in [7, 11) is 0. The second-order valence-corrected chi connectivity index (χ2v) is 9.15. The standard InChI is InChI=1S/C21H33N3O3/c1-20(2,3)27-19(25)24-10-8-21(9-11-24)13-16(14-21)5-4-12-26-17-6-7-18(22)23-15-17/h6-7,15-16H,4-5,8-14H2,1-3H3,(H2,22,23). The molecule has 1 saturated heterocycles. The van der Waals surface area contributed by atoms with Gasteiger partial charge in [-0.2, -0.15) is 0 Å². The van der Waals surface area contributed by atoms with Crippen LogP contribution >= 0.6 is 0 Å². The lowest BCUT2D eigenvalue weighted by molar-refractivity contribution is -0.0300. The largest absolute Gasteiger partial charge is 0.492 e. The Morgan fingerprint density at radius 2 is 2.00 bits per heavy atom. The van der Waals surface area contributed by atoms with E-state index in [0.717, 1.165) is 50.6 Å². The number of amides is 1. The maximum atomic E-state index is 12.2. The molecule has 1 amide bonds. The van der Waals surface area contributed by atoms with Gasteiger partial charge in [0.15, 0.2) is 0 Å². The average molecular weight is 376 g/mol. The van der Waals surface area contributed by atoms with Crippen LogP contribution < -0.4 is 10.5 Å². The Bertz CT molecular complexity index is 623. The zero-order valence-electron chi connectivity index (χ0n) is 16.9. The highest BCUT2D eigenvalue weighted by atomic mass is 16.6. The summed E-state index contributed by atoms with van der Waals surface area (Å²) in [5.41, 5.74) is 5.62. The minimum Gasteiger partial charge on any atom is -0.492 e. The molecule has 1 aromatic rings. The molecule has 150 valence electrons. The molecule has 6 heteroatoms. The van der Waals surface area contributed by atoms with Crippen molar-refractivity contribution in [3.8, 4) is 5.75 Å². The maximum absolute atomic E-state index is 12.2. The van der Waals surface area contributed by atoms with Crippen LogP contribution in [0.25, 0.3) is 0 Å². The number of anilines is 1. The topological polar surface area (TPSA) is 77.7 Å². The molecule has 1 spiro atoms. The molecule has 6 nitrogen and oxygen atoms in total. The molecule has 27 heavy (non-hydrogen) atoms. The second-order valence-electron chi connectivity index (χ2n) is 9.15. The second kappa shape index (κ2) is 7.95. The number of piperidine rings is 1. The van der Waals surface area contributed by atoms with Crippen molar-refractivity contribution in [2.45, 2.75) is 64.9 Å². The molecule has 2 fully saturated rings. The number of ether oxygens (including phenoxy) is 2. The average Bonchev–Trinajstić information content (AvgIpc) is 2.57. The van der Waals surface area contributed by atoms with Crippen LogP contribution in [-0.2, 0) is 4.74 Å². The van der Waals surface area contributed by atoms with Gasteiger partial charge in [-0.1, -0.05) is 0 Å². The van der Waals surface area contributed by atoms with Crippen LogP contribution in [0.5, 0.6) is 5.75 Å². The van der Waals surface area contributed by atoms with Crippen molar-refractivity contribution in [2.24, 2.45) is 11.3 Å². The molecule has 1 saturated carbocycles. The number of nitrogen functional groups attached to an aromatic ring is 1. The highest BCUT2D eigenvalue weighted by molar-refractivity contribution is 5.68. The molecule has 3 rings (SSSR count). The first kappa shape index (κ1) is 19.8. The molecule has 1 aromatic heterocycles. The van der Waals surface area contributed by atoms with Crippen LogP contribution in [0.15, 0.2) is 18.3 Å². The van der Waals surface area contributed by atoms with Crippen LogP contribution in [0, 0.1) is 11.3 Å². The number of aromatic nitrogens is 1. The van der Waals surface area contributed by atoms with Crippen LogP contribution in [0.3, 0.4) is 0 Å². The number of hydrogen-bond donors (Lipinski definition) is 1. The van der Waals surface area contributed by atoms with Crippen molar-refractivity contribution in [1.82, 2.24) is 9.88 Å². The molecule has 0 bridgehead atoms. The Balaban J connectivity index is 1.30. The Morgan fingerprint density at radius 1 is 1.30 bits per heavy atom. The molecular weight excluding hydrogens is 342 g/mol. The summed E-state index contributed by atoms with van der Waals surface area (Å²) in [6.07, 6.45) is 8.58. The minimum atomic E-state index is -0.418. The molecular formula is C21H33N3O3. The normalized spacial score (nSPS) is 19.6. The summed E-state index contributed by atoms with van der Waals surface area (Å²) in [6.45, 7) is 8.13. The summed E-state index contributed by atoms with van der Waals surface area (Å²) in [5, 5.41) is 0. The first-order valence-corrected chi connectivity index (χ1v) is 10.1. The Kier molecular flexibility index (Phi) is 5.82. The van der Waals surface area contributed by atoms with Crippen molar-refractivity contribution >= 4 is 11.9 Å². The van der Waals surface area contributed by atoms with E-state index in [2.05, 4.69) is 4.98 Å². The van der Waals surface area contributed by atoms with Crippen molar-refractivity contribution < 1.29 is 14.3 Å². The lowest BCUT2D eigenvalue weighted by Gasteiger charge is -2.52. The lowest BCUT2D eigenvalue weighted by atomic mass is 9.56. The van der Waals surface area contributed by atoms with Crippen molar-refractivity contribution in [2.75, 3.05) is 25.4 Å². The highest BCUT2D eigenvalue weighted by Crippen LogP contribution is 2.54. The summed E-state index contributed by atoms with van der Waals surface area (Å²) in [4.78, 5) is 18.1. The zero-order valence-corrected chi connectivity index (χ0v) is 16.9. The molecule has 0 atom stereocenters. The molecule has 2 N–H and O–H groups in total. The van der Waals surface area contributed by atoms with E-state index in [4.69, 9.17) is 15.2 Å². The number of likely N-dealkylation sites (tertiary alicyclic amines) is 1. The third kappa shape index (κ3) is 5.50. The fourth-order valence-corrected chi connectivity index (χ4v) is 4.31. The molecule has 2 heterocycles. The van der Waals surface area contributed by atoms with Gasteiger partial charge >= 0.3 is 6.09 Å². The van der Waals surface area contributed by atoms with Gasteiger partial charge in [-0.25, -0.2) is 9.78 Å². The molecule has 1 aliphatic heterocycles. The van der Waals surface area contributed by atoms with E-state index in [1.54, 1.807) is 12.3 Å². The van der Waals surface area contributed by atoms with Gasteiger partial charge in [0.2, 0.25) is 0 Å². The van der Waals surface area contributed by atoms with Gasteiger partial charge < -0.3 is 20.1 Å². The highest BCUT2D eigenvalue weighted by Gasteiger charge is 2.46. The molecule has 0 aromatic carbocycles. The van der Waals surface area contributed by atoms with Gasteiger partial charge in [-0.15, -0.1) is 0 Å². The van der Waals surface area contributed by atoms with Crippen molar-refractivity contribution in [3.05, 3.63) is 18.3 Å². The fourth-order valence-electron chi connectivity index (χ4n) is 4.31. The summed E-state index contributed by atoms with van der Waals surface area (Å²) >= 11 is 0. The monoisotopic (exact) mass is 375 g/mol. The van der Waals surface area contributed by atoms with Crippen LogP contribution in [-0.4, -0.2) is 41.3 Å². The minimum absolute atomic E-state index is 0.164. The molecule has 2 aliphatic rings. The number of nitrogens with two attached hydrogens (primary N) is 1. The van der Waals surface area contributed by atoms with Crippen LogP contribution in [0.4, 0.5) is 10.6 Å². The summed E-state index contributed by atoms with van der Waals surface area (Å²) in [5.74, 6) is 2.09. The summed E-state index contributed by atoms with van der Waals surface area (Å²) in [6, 6.07) is 3.62. The Morgan fingerprint density at radius 3 is 2.59 bits per heavy atom. The van der Waals surface area contributed by atoms with Gasteiger partial charge in [-0.3, -0.25) is 0 Å². The summed E-state index contributed by atoms with van der Waals surface area (Å²) < 4.78 is 11.2. The van der Waals surface area contributed by atoms with Crippen LogP contribution in [0.2, 0.25) is 0 Å². The third-order valence-corrected chi connectivity index (χ3v) is 5.70. The van der Waals surface area contributed by atoms with Gasteiger partial charge in [0.05, 0.1) is 12.8 Å². The van der Waals surface area contributed by atoms with Crippen molar-refractivity contribution in [1.29, 1.82) is 0 Å². The SMILES string of the molecule is CC(C)(C)OC(=O)N1CCC2(CC1)CC(CCCOc1ccc(N)nc1)C2. The number of nitrogens with zero attached hydrogens (tertiary/aromatic N) is 2. The number of carbonyl (C=O) groups excluding carboxylic acids is 1. The van der Waals surface area contributed by atoms with Crippen molar-refractivity contribution in [3.63, 3.8) is 0 Å². The number of rotatable bonds is 5. The van der Waals surface area contributed by atoms with Crippen LogP contribution in [0.1, 0.15) is 59.3 Å².